The van der Waals surface area contributed by atoms with Crippen molar-refractivity contribution in [2.75, 3.05) is 40.7 Å². The van der Waals surface area contributed by atoms with Crippen LogP contribution >= 0.6 is 0 Å². The van der Waals surface area contributed by atoms with Crippen LogP contribution in [-0.2, 0) is 16.7 Å². The molecule has 0 spiro atoms. The largest absolute Gasteiger partial charge is 0.496 e. The molecule has 2 heterocycles. The van der Waals surface area contributed by atoms with Gasteiger partial charge in [0.2, 0.25) is 6.79 Å². The van der Waals surface area contributed by atoms with Crippen LogP contribution in [0.1, 0.15) is 24.0 Å². The van der Waals surface area contributed by atoms with Crippen molar-refractivity contribution in [3.8, 4) is 17.2 Å². The molecule has 2 aliphatic rings. The highest BCUT2D eigenvalue weighted by Crippen LogP contribution is 2.40. The van der Waals surface area contributed by atoms with E-state index in [-0.39, 0.29) is 12.2 Å². The number of guanidine groups is 1. The zero-order chi connectivity index (χ0) is 20.8. The summed E-state index contributed by atoms with van der Waals surface area (Å²) in [6.07, 6.45) is 1.87. The van der Waals surface area contributed by atoms with Crippen LogP contribution in [0.2, 0.25) is 0 Å². The molecule has 0 bridgehead atoms. The number of para-hydroxylation sites is 1. The molecule has 0 atom stereocenters. The van der Waals surface area contributed by atoms with E-state index in [4.69, 9.17) is 18.9 Å². The third kappa shape index (κ3) is 4.31. The summed E-state index contributed by atoms with van der Waals surface area (Å²) in [5, 5.41) is 6.92. The first-order chi connectivity index (χ1) is 14.7. The number of benzene rings is 2. The molecule has 1 saturated heterocycles. The number of nitrogens with zero attached hydrogens (tertiary/aromatic N) is 1. The van der Waals surface area contributed by atoms with Crippen molar-refractivity contribution in [3.63, 3.8) is 0 Å². The first-order valence-corrected chi connectivity index (χ1v) is 10.3. The van der Waals surface area contributed by atoms with E-state index in [9.17, 15) is 0 Å². The molecule has 1 fully saturated rings. The van der Waals surface area contributed by atoms with E-state index >= 15 is 0 Å². The van der Waals surface area contributed by atoms with Crippen LogP contribution in [0, 0.1) is 0 Å². The summed E-state index contributed by atoms with van der Waals surface area (Å²) in [4.78, 5) is 4.40. The quantitative estimate of drug-likeness (QED) is 0.563. The van der Waals surface area contributed by atoms with Gasteiger partial charge in [-0.25, -0.2) is 0 Å². The minimum atomic E-state index is -0.0543. The molecule has 2 N–H and O–H groups in total. The molecular weight excluding hydrogens is 382 g/mol. The van der Waals surface area contributed by atoms with Crippen molar-refractivity contribution < 1.29 is 18.9 Å². The average molecular weight is 412 g/mol. The highest BCUT2D eigenvalue weighted by Gasteiger charge is 2.35. The molecule has 30 heavy (non-hydrogen) atoms. The van der Waals surface area contributed by atoms with E-state index in [0.717, 1.165) is 61.4 Å². The summed E-state index contributed by atoms with van der Waals surface area (Å²) >= 11 is 0. The third-order valence-corrected chi connectivity index (χ3v) is 5.89. The Kier molecular flexibility index (Phi) is 6.28. The van der Waals surface area contributed by atoms with Crippen molar-refractivity contribution in [2.45, 2.75) is 24.8 Å². The molecule has 2 aromatic rings. The Balaban J connectivity index is 1.45. The van der Waals surface area contributed by atoms with E-state index in [1.165, 1.54) is 5.56 Å². The van der Waals surface area contributed by atoms with Crippen molar-refractivity contribution >= 4 is 5.96 Å². The van der Waals surface area contributed by atoms with E-state index in [1.807, 2.05) is 30.3 Å². The molecule has 7 heteroatoms. The van der Waals surface area contributed by atoms with Crippen molar-refractivity contribution in [1.82, 2.24) is 10.6 Å². The number of aliphatic imine (C=N–C) groups is 1. The molecule has 2 aliphatic heterocycles. The topological polar surface area (TPSA) is 73.3 Å². The monoisotopic (exact) mass is 411 g/mol. The SMILES string of the molecule is CN=C(NCc1ccccc1OC)NCC1(c2ccc3c(c2)OCO3)CCOCC1. The number of hydrogen-bond acceptors (Lipinski definition) is 5. The summed E-state index contributed by atoms with van der Waals surface area (Å²) in [6.45, 7) is 3.14. The summed E-state index contributed by atoms with van der Waals surface area (Å²) in [5.74, 6) is 3.24. The van der Waals surface area contributed by atoms with Gasteiger partial charge in [0.1, 0.15) is 5.75 Å². The predicted molar refractivity (Wildman–Crippen MR) is 115 cm³/mol. The molecule has 0 aliphatic carbocycles. The molecule has 0 amide bonds. The fourth-order valence-corrected chi connectivity index (χ4v) is 4.06. The number of fused-ring (bicyclic) bond motifs is 1. The predicted octanol–water partition coefficient (Wildman–Crippen LogP) is 2.84. The Morgan fingerprint density at radius 1 is 1.07 bits per heavy atom. The summed E-state index contributed by atoms with van der Waals surface area (Å²) in [5.41, 5.74) is 2.27. The van der Waals surface area contributed by atoms with Gasteiger partial charge in [0.15, 0.2) is 17.5 Å². The van der Waals surface area contributed by atoms with Gasteiger partial charge in [-0.1, -0.05) is 24.3 Å². The van der Waals surface area contributed by atoms with Crippen LogP contribution in [-0.4, -0.2) is 46.7 Å². The van der Waals surface area contributed by atoms with Crippen molar-refractivity contribution in [3.05, 3.63) is 53.6 Å². The summed E-state index contributed by atoms with van der Waals surface area (Å²) < 4.78 is 22.2. The molecule has 7 nitrogen and oxygen atoms in total. The average Bonchev–Trinajstić information content (AvgIpc) is 3.28. The van der Waals surface area contributed by atoms with Crippen LogP contribution in [0.3, 0.4) is 0 Å². The Labute approximate surface area is 177 Å². The van der Waals surface area contributed by atoms with Crippen molar-refractivity contribution in [2.24, 2.45) is 4.99 Å². The number of rotatable bonds is 6. The molecular formula is C23H29N3O4. The second kappa shape index (κ2) is 9.26. The zero-order valence-electron chi connectivity index (χ0n) is 17.6. The van der Waals surface area contributed by atoms with E-state index in [0.29, 0.717) is 6.54 Å². The second-order valence-electron chi connectivity index (χ2n) is 7.55. The van der Waals surface area contributed by atoms with E-state index < -0.39 is 0 Å². The highest BCUT2D eigenvalue weighted by atomic mass is 16.7. The Bertz CT molecular complexity index is 894. The molecule has 4 rings (SSSR count). The van der Waals surface area contributed by atoms with Gasteiger partial charge in [-0.2, -0.15) is 0 Å². The van der Waals surface area contributed by atoms with Crippen LogP contribution in [0.5, 0.6) is 17.2 Å². The third-order valence-electron chi connectivity index (χ3n) is 5.89. The minimum absolute atomic E-state index is 0.0543. The fourth-order valence-electron chi connectivity index (χ4n) is 4.06. The van der Waals surface area contributed by atoms with Gasteiger partial charge in [-0.3, -0.25) is 4.99 Å². The zero-order valence-corrected chi connectivity index (χ0v) is 17.6. The first kappa shape index (κ1) is 20.3. The number of ether oxygens (including phenoxy) is 4. The lowest BCUT2D eigenvalue weighted by Crippen LogP contribution is -2.47. The van der Waals surface area contributed by atoms with Crippen LogP contribution in [0.15, 0.2) is 47.5 Å². The first-order valence-electron chi connectivity index (χ1n) is 10.3. The molecule has 0 radical (unpaired) electrons. The fraction of sp³-hybridized carbons (Fsp3) is 0.435. The van der Waals surface area contributed by atoms with Gasteiger partial charge in [-0.05, 0) is 36.6 Å². The minimum Gasteiger partial charge on any atom is -0.496 e. The Morgan fingerprint density at radius 2 is 1.87 bits per heavy atom. The molecule has 160 valence electrons. The number of methoxy groups -OCH3 is 1. The van der Waals surface area contributed by atoms with Gasteiger partial charge < -0.3 is 29.6 Å². The molecule has 0 unspecified atom stereocenters. The van der Waals surface area contributed by atoms with Gasteiger partial charge in [-0.15, -0.1) is 0 Å². The number of hydrogen-bond donors (Lipinski definition) is 2. The van der Waals surface area contributed by atoms with Crippen LogP contribution in [0.4, 0.5) is 0 Å². The summed E-state index contributed by atoms with van der Waals surface area (Å²) in [6, 6.07) is 14.2. The Hall–Kier alpha value is -2.93. The summed E-state index contributed by atoms with van der Waals surface area (Å²) in [7, 11) is 3.47. The van der Waals surface area contributed by atoms with E-state index in [1.54, 1.807) is 14.2 Å². The van der Waals surface area contributed by atoms with Crippen molar-refractivity contribution in [1.29, 1.82) is 0 Å². The smallest absolute Gasteiger partial charge is 0.231 e. The lowest BCUT2D eigenvalue weighted by molar-refractivity contribution is 0.0513. The maximum absolute atomic E-state index is 5.66. The highest BCUT2D eigenvalue weighted by molar-refractivity contribution is 5.79. The number of nitrogens with one attached hydrogen (secondary N) is 2. The standard InChI is InChI=1S/C23H29N3O4/c1-24-22(25-14-17-5-3-4-6-19(17)27-2)26-15-23(9-11-28-12-10-23)18-7-8-20-21(13-18)30-16-29-20/h3-8,13H,9-12,14-16H2,1-2H3,(H2,24,25,26). The van der Waals surface area contributed by atoms with Gasteiger partial charge in [0, 0.05) is 44.3 Å². The molecule has 0 saturated carbocycles. The second-order valence-corrected chi connectivity index (χ2v) is 7.55. The van der Waals surface area contributed by atoms with E-state index in [2.05, 4.69) is 27.8 Å². The maximum Gasteiger partial charge on any atom is 0.231 e. The van der Waals surface area contributed by atoms with Gasteiger partial charge in [0.05, 0.1) is 7.11 Å². The van der Waals surface area contributed by atoms with Crippen LogP contribution < -0.4 is 24.8 Å². The lowest BCUT2D eigenvalue weighted by Gasteiger charge is -2.38. The Morgan fingerprint density at radius 3 is 2.67 bits per heavy atom. The molecule has 0 aromatic heterocycles. The van der Waals surface area contributed by atoms with Gasteiger partial charge in [0.25, 0.3) is 0 Å². The normalized spacial score (nSPS) is 17.5. The lowest BCUT2D eigenvalue weighted by atomic mass is 9.74. The van der Waals surface area contributed by atoms with Crippen LogP contribution in [0.25, 0.3) is 0 Å². The molecule has 2 aromatic carbocycles. The van der Waals surface area contributed by atoms with Gasteiger partial charge >= 0.3 is 0 Å². The maximum atomic E-state index is 5.66.